The van der Waals surface area contributed by atoms with Crippen molar-refractivity contribution in [3.63, 3.8) is 0 Å². The van der Waals surface area contributed by atoms with E-state index in [0.29, 0.717) is 17.8 Å². The van der Waals surface area contributed by atoms with E-state index >= 15 is 0 Å². The molecule has 2 N–H and O–H groups in total. The molecule has 3 atom stereocenters. The van der Waals surface area contributed by atoms with Crippen LogP contribution in [0.5, 0.6) is 0 Å². The molecule has 1 amide bonds. The number of aliphatic imine (C=N–C) groups is 1. The minimum absolute atomic E-state index is 0.0873. The summed E-state index contributed by atoms with van der Waals surface area (Å²) in [5.74, 6) is -0.780. The van der Waals surface area contributed by atoms with E-state index in [4.69, 9.17) is 4.74 Å². The fraction of sp³-hybridized carbons (Fsp3) is 0.379. The van der Waals surface area contributed by atoms with E-state index < -0.39 is 12.1 Å². The van der Waals surface area contributed by atoms with Gasteiger partial charge in [0.1, 0.15) is 11.9 Å². The van der Waals surface area contributed by atoms with Gasteiger partial charge in [-0.05, 0) is 70.0 Å². The number of hydrogen-bond acceptors (Lipinski definition) is 6. The third-order valence-corrected chi connectivity index (χ3v) is 7.07. The van der Waals surface area contributed by atoms with Gasteiger partial charge in [0.25, 0.3) is 0 Å². The molecule has 37 heavy (non-hydrogen) atoms. The van der Waals surface area contributed by atoms with Crippen molar-refractivity contribution in [1.82, 2.24) is 10.3 Å². The van der Waals surface area contributed by atoms with Gasteiger partial charge in [-0.15, -0.1) is 0 Å². The predicted molar refractivity (Wildman–Crippen MR) is 142 cm³/mol. The first-order chi connectivity index (χ1) is 17.7. The molecular formula is C29H33FN4O3. The summed E-state index contributed by atoms with van der Waals surface area (Å²) in [7, 11) is 0. The quantitative estimate of drug-likeness (QED) is 0.344. The molecule has 1 aliphatic carbocycles. The second-order valence-electron chi connectivity index (χ2n) is 9.62. The van der Waals surface area contributed by atoms with E-state index in [2.05, 4.69) is 27.2 Å². The number of aromatic nitrogens is 1. The molecule has 0 radical (unpaired) electrons. The van der Waals surface area contributed by atoms with Gasteiger partial charge in [-0.1, -0.05) is 25.0 Å². The average molecular weight is 505 g/mol. The van der Waals surface area contributed by atoms with Crippen LogP contribution in [0.15, 0.2) is 65.7 Å². The number of halogens is 1. The number of allylic oxidation sites excluding steroid dienone is 1. The number of hydrogen-bond donors (Lipinski definition) is 2. The van der Waals surface area contributed by atoms with E-state index in [9.17, 15) is 14.0 Å². The van der Waals surface area contributed by atoms with E-state index in [1.807, 2.05) is 31.2 Å². The highest BCUT2D eigenvalue weighted by molar-refractivity contribution is 6.08. The van der Waals surface area contributed by atoms with Crippen molar-refractivity contribution < 1.29 is 18.7 Å². The maximum absolute atomic E-state index is 14.0. The molecule has 0 saturated heterocycles. The monoisotopic (exact) mass is 504 g/mol. The SMILES string of the molecule is C=C(NC1=C(c2ccc(NC(=O)[C@H]3CCCC[C@@H]3C(C)=O)cc2)CN=C1C)OC(C)c1cccnc1F. The molecule has 1 aromatic heterocycles. The standard InChI is InChI=1S/C29H33FN4O3/c1-17-27(33-20(4)37-19(3)24-10-7-15-31-28(24)30)26(16-32-17)21-11-13-22(14-12-21)34-29(36)25-9-6-5-8-23(25)18(2)35/h7,10-15,19,23,25,33H,4-6,8-9,16H2,1-3H3,(H,34,36)/t19?,23-,25+/m1/s1. The Hall–Kier alpha value is -3.81. The normalized spacial score (nSPS) is 20.2. The Morgan fingerprint density at radius 1 is 1.11 bits per heavy atom. The van der Waals surface area contributed by atoms with Crippen LogP contribution in [0.2, 0.25) is 0 Å². The van der Waals surface area contributed by atoms with Gasteiger partial charge in [0.2, 0.25) is 11.9 Å². The first kappa shape index (κ1) is 26.3. The Balaban J connectivity index is 1.43. The number of carbonyl (C=O) groups excluding carboxylic acids is 2. The van der Waals surface area contributed by atoms with Crippen molar-refractivity contribution in [2.75, 3.05) is 11.9 Å². The lowest BCUT2D eigenvalue weighted by molar-refractivity contribution is -0.131. The molecule has 1 fully saturated rings. The second-order valence-corrected chi connectivity index (χ2v) is 9.62. The zero-order valence-corrected chi connectivity index (χ0v) is 21.5. The van der Waals surface area contributed by atoms with Crippen LogP contribution in [-0.2, 0) is 14.3 Å². The summed E-state index contributed by atoms with van der Waals surface area (Å²) >= 11 is 0. The zero-order valence-electron chi connectivity index (χ0n) is 21.5. The van der Waals surface area contributed by atoms with Gasteiger partial charge in [-0.2, -0.15) is 4.39 Å². The lowest BCUT2D eigenvalue weighted by Gasteiger charge is -2.28. The molecule has 194 valence electrons. The van der Waals surface area contributed by atoms with Gasteiger partial charge in [0, 0.05) is 34.9 Å². The van der Waals surface area contributed by atoms with Crippen molar-refractivity contribution in [3.8, 4) is 0 Å². The number of rotatable bonds is 9. The van der Waals surface area contributed by atoms with Crippen LogP contribution in [0.1, 0.15) is 63.7 Å². The lowest BCUT2D eigenvalue weighted by Crippen LogP contribution is -2.35. The predicted octanol–water partition coefficient (Wildman–Crippen LogP) is 5.58. The fourth-order valence-electron chi connectivity index (χ4n) is 5.04. The van der Waals surface area contributed by atoms with Crippen LogP contribution >= 0.6 is 0 Å². The molecule has 0 bridgehead atoms. The molecule has 2 heterocycles. The Kier molecular flexibility index (Phi) is 8.16. The van der Waals surface area contributed by atoms with E-state index in [0.717, 1.165) is 48.2 Å². The van der Waals surface area contributed by atoms with Crippen molar-refractivity contribution in [2.24, 2.45) is 16.8 Å². The summed E-state index contributed by atoms with van der Waals surface area (Å²) in [5.41, 5.74) is 4.53. The summed E-state index contributed by atoms with van der Waals surface area (Å²) in [4.78, 5) is 33.1. The number of Topliss-reactive ketones (excluding diaryl/α,β-unsaturated/α-hetero) is 1. The van der Waals surface area contributed by atoms with Crippen LogP contribution in [0.4, 0.5) is 10.1 Å². The Morgan fingerprint density at radius 2 is 1.81 bits per heavy atom. The van der Waals surface area contributed by atoms with Gasteiger partial charge in [0.05, 0.1) is 18.0 Å². The number of ketones is 1. The van der Waals surface area contributed by atoms with Crippen LogP contribution < -0.4 is 10.6 Å². The first-order valence-corrected chi connectivity index (χ1v) is 12.6. The maximum atomic E-state index is 14.0. The van der Waals surface area contributed by atoms with Gasteiger partial charge in [0.15, 0.2) is 5.88 Å². The number of carbonyl (C=O) groups is 2. The molecule has 1 saturated carbocycles. The Morgan fingerprint density at radius 3 is 2.49 bits per heavy atom. The smallest absolute Gasteiger partial charge is 0.228 e. The van der Waals surface area contributed by atoms with Gasteiger partial charge in [-0.25, -0.2) is 4.98 Å². The maximum Gasteiger partial charge on any atom is 0.228 e. The van der Waals surface area contributed by atoms with E-state index in [1.54, 1.807) is 26.0 Å². The topological polar surface area (TPSA) is 92.7 Å². The average Bonchev–Trinajstić information content (AvgIpc) is 3.24. The third-order valence-electron chi connectivity index (χ3n) is 7.07. The van der Waals surface area contributed by atoms with Crippen LogP contribution in [0, 0.1) is 17.8 Å². The lowest BCUT2D eigenvalue weighted by atomic mass is 9.76. The first-order valence-electron chi connectivity index (χ1n) is 12.6. The highest BCUT2D eigenvalue weighted by Crippen LogP contribution is 2.32. The molecule has 2 aromatic rings. The summed E-state index contributed by atoms with van der Waals surface area (Å²) < 4.78 is 19.8. The van der Waals surface area contributed by atoms with Crippen molar-refractivity contribution >= 4 is 28.7 Å². The highest BCUT2D eigenvalue weighted by Gasteiger charge is 2.33. The summed E-state index contributed by atoms with van der Waals surface area (Å²) in [6, 6.07) is 10.9. The summed E-state index contributed by atoms with van der Waals surface area (Å²) in [5, 5.41) is 6.18. The summed E-state index contributed by atoms with van der Waals surface area (Å²) in [6.07, 6.45) is 4.29. The third kappa shape index (κ3) is 6.13. The minimum Gasteiger partial charge on any atom is -0.471 e. The van der Waals surface area contributed by atoms with Crippen molar-refractivity contribution in [3.05, 3.63) is 77.8 Å². The van der Waals surface area contributed by atoms with Crippen LogP contribution in [0.3, 0.4) is 0 Å². The molecule has 1 aliphatic heterocycles. The van der Waals surface area contributed by atoms with Crippen LogP contribution in [-0.4, -0.2) is 28.9 Å². The Labute approximate surface area is 216 Å². The van der Waals surface area contributed by atoms with E-state index in [-0.39, 0.29) is 29.4 Å². The van der Waals surface area contributed by atoms with Gasteiger partial charge in [-0.3, -0.25) is 14.6 Å². The van der Waals surface area contributed by atoms with Crippen molar-refractivity contribution in [1.29, 1.82) is 0 Å². The van der Waals surface area contributed by atoms with E-state index in [1.165, 1.54) is 6.20 Å². The molecule has 0 spiro atoms. The molecule has 2 aliphatic rings. The number of ether oxygens (including phenoxy) is 1. The van der Waals surface area contributed by atoms with Gasteiger partial charge < -0.3 is 15.4 Å². The zero-order chi connectivity index (χ0) is 26.5. The number of anilines is 1. The number of pyridine rings is 1. The minimum atomic E-state index is -0.578. The number of nitrogens with zero attached hydrogens (tertiary/aromatic N) is 2. The highest BCUT2D eigenvalue weighted by atomic mass is 19.1. The van der Waals surface area contributed by atoms with Crippen LogP contribution in [0.25, 0.3) is 5.57 Å². The number of nitrogens with one attached hydrogen (secondary N) is 2. The van der Waals surface area contributed by atoms with Crippen molar-refractivity contribution in [2.45, 2.75) is 52.6 Å². The second kappa shape index (κ2) is 11.5. The molecule has 8 heteroatoms. The molecule has 7 nitrogen and oxygen atoms in total. The molecule has 4 rings (SSSR count). The Bertz CT molecular complexity index is 1250. The molecule has 1 aromatic carbocycles. The fourth-order valence-corrected chi connectivity index (χ4v) is 5.04. The largest absolute Gasteiger partial charge is 0.471 e. The molecule has 1 unspecified atom stereocenters. The molecular weight excluding hydrogens is 471 g/mol. The number of benzene rings is 1. The number of amides is 1. The summed E-state index contributed by atoms with van der Waals surface area (Å²) in [6.45, 7) is 9.65. The van der Waals surface area contributed by atoms with Gasteiger partial charge >= 0.3 is 0 Å².